The summed E-state index contributed by atoms with van der Waals surface area (Å²) in [5, 5.41) is 1.51. The van der Waals surface area contributed by atoms with Gasteiger partial charge in [-0.15, -0.1) is 0 Å². The molecule has 0 atom stereocenters. The number of pyridine rings is 1. The number of thioether (sulfide) groups is 1. The summed E-state index contributed by atoms with van der Waals surface area (Å²) in [7, 11) is 0. The molecule has 0 aromatic carbocycles. The topological polar surface area (TPSA) is 76.7 Å². The van der Waals surface area contributed by atoms with Gasteiger partial charge in [0, 0.05) is 18.0 Å². The predicted octanol–water partition coefficient (Wildman–Crippen LogP) is 2.41. The van der Waals surface area contributed by atoms with E-state index in [9.17, 15) is 0 Å². The maximum absolute atomic E-state index is 5.77. The predicted molar refractivity (Wildman–Crippen MR) is 73.4 cm³/mol. The molecule has 0 radical (unpaired) electrons. The SMILES string of the molecule is Cc1cc(NN)nc(CSc2ccc(Cl)cn2)n1. The molecule has 0 aliphatic rings. The van der Waals surface area contributed by atoms with Gasteiger partial charge in [0.1, 0.15) is 11.6 Å². The second-order valence-corrected chi connectivity index (χ2v) is 4.99. The van der Waals surface area contributed by atoms with Crippen LogP contribution in [0.1, 0.15) is 11.5 Å². The minimum atomic E-state index is 0.613. The molecule has 3 N–H and O–H groups in total. The van der Waals surface area contributed by atoms with Gasteiger partial charge in [0.15, 0.2) is 0 Å². The largest absolute Gasteiger partial charge is 0.308 e. The number of aromatic nitrogens is 3. The first kappa shape index (κ1) is 13.1. The van der Waals surface area contributed by atoms with Gasteiger partial charge in [-0.05, 0) is 19.1 Å². The number of aryl methyl sites for hydroxylation is 1. The van der Waals surface area contributed by atoms with Gasteiger partial charge in [-0.1, -0.05) is 23.4 Å². The lowest BCUT2D eigenvalue weighted by Crippen LogP contribution is -2.10. The van der Waals surface area contributed by atoms with Gasteiger partial charge in [0.2, 0.25) is 0 Å². The highest BCUT2D eigenvalue weighted by Crippen LogP contribution is 2.21. The molecule has 2 heterocycles. The highest BCUT2D eigenvalue weighted by Gasteiger charge is 2.03. The van der Waals surface area contributed by atoms with E-state index in [-0.39, 0.29) is 0 Å². The van der Waals surface area contributed by atoms with Crippen molar-refractivity contribution in [2.75, 3.05) is 5.43 Å². The van der Waals surface area contributed by atoms with E-state index in [1.165, 1.54) is 0 Å². The van der Waals surface area contributed by atoms with Crippen molar-refractivity contribution in [3.8, 4) is 0 Å². The first-order valence-corrected chi connectivity index (χ1v) is 6.59. The number of rotatable bonds is 4. The van der Waals surface area contributed by atoms with Crippen LogP contribution < -0.4 is 11.3 Å². The van der Waals surface area contributed by atoms with E-state index < -0.39 is 0 Å². The Balaban J connectivity index is 2.05. The quantitative estimate of drug-likeness (QED) is 0.509. The van der Waals surface area contributed by atoms with Crippen molar-refractivity contribution < 1.29 is 0 Å². The van der Waals surface area contributed by atoms with Crippen molar-refractivity contribution in [1.82, 2.24) is 15.0 Å². The van der Waals surface area contributed by atoms with Gasteiger partial charge in [-0.3, -0.25) is 0 Å². The molecule has 2 aromatic rings. The van der Waals surface area contributed by atoms with Crippen molar-refractivity contribution in [3.63, 3.8) is 0 Å². The average molecular weight is 282 g/mol. The van der Waals surface area contributed by atoms with Crippen molar-refractivity contribution in [2.45, 2.75) is 17.7 Å². The van der Waals surface area contributed by atoms with Gasteiger partial charge in [-0.25, -0.2) is 20.8 Å². The number of nitrogens with zero attached hydrogens (tertiary/aromatic N) is 3. The van der Waals surface area contributed by atoms with Crippen molar-refractivity contribution in [2.24, 2.45) is 5.84 Å². The first-order valence-electron chi connectivity index (χ1n) is 5.23. The molecule has 5 nitrogen and oxygen atoms in total. The third-order valence-corrected chi connectivity index (χ3v) is 3.26. The van der Waals surface area contributed by atoms with Crippen molar-refractivity contribution in [3.05, 3.63) is 40.9 Å². The summed E-state index contributed by atoms with van der Waals surface area (Å²) < 4.78 is 0. The van der Waals surface area contributed by atoms with E-state index in [1.54, 1.807) is 30.1 Å². The Morgan fingerprint density at radius 1 is 1.39 bits per heavy atom. The second-order valence-electron chi connectivity index (χ2n) is 3.56. The fourth-order valence-electron chi connectivity index (χ4n) is 1.35. The summed E-state index contributed by atoms with van der Waals surface area (Å²) in [6.45, 7) is 1.90. The smallest absolute Gasteiger partial charge is 0.143 e. The van der Waals surface area contributed by atoms with Gasteiger partial charge >= 0.3 is 0 Å². The van der Waals surface area contributed by atoms with Crippen LogP contribution in [0.25, 0.3) is 0 Å². The zero-order chi connectivity index (χ0) is 13.0. The van der Waals surface area contributed by atoms with Crippen molar-refractivity contribution >= 4 is 29.2 Å². The lowest BCUT2D eigenvalue weighted by atomic mass is 10.4. The summed E-state index contributed by atoms with van der Waals surface area (Å²) in [6, 6.07) is 5.46. The Morgan fingerprint density at radius 3 is 2.89 bits per heavy atom. The molecule has 2 aromatic heterocycles. The maximum Gasteiger partial charge on any atom is 0.143 e. The van der Waals surface area contributed by atoms with Crippen LogP contribution in [-0.4, -0.2) is 15.0 Å². The Morgan fingerprint density at radius 2 is 2.22 bits per heavy atom. The van der Waals surface area contributed by atoms with Crippen LogP contribution in [0.4, 0.5) is 5.82 Å². The van der Waals surface area contributed by atoms with Gasteiger partial charge in [0.05, 0.1) is 15.8 Å². The number of hydrogen-bond acceptors (Lipinski definition) is 6. The van der Waals surface area contributed by atoms with Crippen LogP contribution in [0, 0.1) is 6.92 Å². The fourth-order valence-corrected chi connectivity index (χ4v) is 2.16. The number of hydrazine groups is 1. The normalized spacial score (nSPS) is 10.4. The number of hydrogen-bond donors (Lipinski definition) is 2. The van der Waals surface area contributed by atoms with Crippen molar-refractivity contribution in [1.29, 1.82) is 0 Å². The van der Waals surface area contributed by atoms with E-state index in [4.69, 9.17) is 17.4 Å². The van der Waals surface area contributed by atoms with Crippen LogP contribution >= 0.6 is 23.4 Å². The van der Waals surface area contributed by atoms with Gasteiger partial charge in [0.25, 0.3) is 0 Å². The molecular formula is C11H12ClN5S. The lowest BCUT2D eigenvalue weighted by Gasteiger charge is -2.05. The standard InChI is InChI=1S/C11H12ClN5S/c1-7-4-9(17-13)16-10(15-7)6-18-11-3-2-8(12)5-14-11/h2-5H,6,13H2,1H3,(H,15,16,17). The first-order chi connectivity index (χ1) is 8.67. The Bertz CT molecular complexity index is 531. The molecule has 0 aliphatic carbocycles. The molecule has 0 aliphatic heterocycles. The molecule has 2 rings (SSSR count). The maximum atomic E-state index is 5.77. The Hall–Kier alpha value is -1.37. The second kappa shape index (κ2) is 5.99. The molecule has 0 fully saturated rings. The Kier molecular flexibility index (Phi) is 4.35. The van der Waals surface area contributed by atoms with E-state index in [2.05, 4.69) is 20.4 Å². The van der Waals surface area contributed by atoms with Gasteiger partial charge in [-0.2, -0.15) is 0 Å². The minimum absolute atomic E-state index is 0.613. The van der Waals surface area contributed by atoms with E-state index in [0.717, 1.165) is 10.7 Å². The zero-order valence-corrected chi connectivity index (χ0v) is 11.3. The third-order valence-electron chi connectivity index (χ3n) is 2.10. The summed E-state index contributed by atoms with van der Waals surface area (Å²) in [5.74, 6) is 7.29. The monoisotopic (exact) mass is 281 g/mol. The van der Waals surface area contributed by atoms with Gasteiger partial charge < -0.3 is 5.43 Å². The highest BCUT2D eigenvalue weighted by atomic mass is 35.5. The number of nitrogens with one attached hydrogen (secondary N) is 1. The van der Waals surface area contributed by atoms with E-state index in [1.807, 2.05) is 13.0 Å². The number of halogens is 1. The summed E-state index contributed by atoms with van der Waals surface area (Å²) in [6.07, 6.45) is 1.62. The molecule has 0 saturated heterocycles. The van der Waals surface area contributed by atoms with Crippen LogP contribution in [0.3, 0.4) is 0 Å². The number of anilines is 1. The molecule has 0 unspecified atom stereocenters. The lowest BCUT2D eigenvalue weighted by molar-refractivity contribution is 0.987. The molecule has 0 bridgehead atoms. The minimum Gasteiger partial charge on any atom is -0.308 e. The molecule has 0 saturated carbocycles. The number of nitrogens with two attached hydrogens (primary N) is 1. The summed E-state index contributed by atoms with van der Waals surface area (Å²) in [4.78, 5) is 12.8. The van der Waals surface area contributed by atoms with Crippen LogP contribution in [0.2, 0.25) is 5.02 Å². The molecule has 18 heavy (non-hydrogen) atoms. The average Bonchev–Trinajstić information content (AvgIpc) is 2.37. The van der Waals surface area contributed by atoms with E-state index in [0.29, 0.717) is 22.4 Å². The molecule has 7 heteroatoms. The van der Waals surface area contributed by atoms with Crippen LogP contribution in [0.15, 0.2) is 29.4 Å². The highest BCUT2D eigenvalue weighted by molar-refractivity contribution is 7.98. The Labute approximate surface area is 114 Å². The fraction of sp³-hybridized carbons (Fsp3) is 0.182. The van der Waals surface area contributed by atoms with E-state index >= 15 is 0 Å². The summed E-state index contributed by atoms with van der Waals surface area (Å²) >= 11 is 7.32. The molecular weight excluding hydrogens is 270 g/mol. The number of nitrogen functional groups attached to an aromatic ring is 1. The van der Waals surface area contributed by atoms with Crippen LogP contribution in [-0.2, 0) is 5.75 Å². The molecule has 0 spiro atoms. The molecule has 0 amide bonds. The zero-order valence-electron chi connectivity index (χ0n) is 9.72. The van der Waals surface area contributed by atoms with Crippen LogP contribution in [0.5, 0.6) is 0 Å². The molecule has 94 valence electrons. The summed E-state index contributed by atoms with van der Waals surface area (Å²) in [5.41, 5.74) is 3.39. The third kappa shape index (κ3) is 3.56.